The summed E-state index contributed by atoms with van der Waals surface area (Å²) in [6.07, 6.45) is 1.47. The molecule has 0 unspecified atom stereocenters. The zero-order chi connectivity index (χ0) is 14.5. The molecule has 0 fully saturated rings. The van der Waals surface area contributed by atoms with Gasteiger partial charge in [0, 0.05) is 16.7 Å². The molecule has 0 spiro atoms. The minimum Gasteiger partial charge on any atom is -0.466 e. The van der Waals surface area contributed by atoms with Gasteiger partial charge in [-0.05, 0) is 35.8 Å². The number of carbonyl (C=O) groups is 1. The third-order valence-corrected chi connectivity index (χ3v) is 3.37. The van der Waals surface area contributed by atoms with Crippen LogP contribution in [0.25, 0.3) is 16.7 Å². The SMILES string of the molecule is COC(=O)/C=C(\C)c1ccc(Cl)c(-c2ccccc2)c1. The molecule has 0 heterocycles. The second kappa shape index (κ2) is 6.40. The van der Waals surface area contributed by atoms with Crippen molar-refractivity contribution in [3.8, 4) is 11.1 Å². The highest BCUT2D eigenvalue weighted by Gasteiger charge is 2.06. The number of ether oxygens (including phenoxy) is 1. The van der Waals surface area contributed by atoms with Gasteiger partial charge in [0.15, 0.2) is 0 Å². The smallest absolute Gasteiger partial charge is 0.330 e. The van der Waals surface area contributed by atoms with E-state index in [0.717, 1.165) is 22.3 Å². The van der Waals surface area contributed by atoms with Crippen molar-refractivity contribution in [3.05, 3.63) is 65.2 Å². The molecular weight excluding hydrogens is 272 g/mol. The second-order valence-corrected chi connectivity index (χ2v) is 4.82. The number of halogens is 1. The quantitative estimate of drug-likeness (QED) is 0.610. The average Bonchev–Trinajstić information content (AvgIpc) is 2.48. The van der Waals surface area contributed by atoms with Gasteiger partial charge in [-0.25, -0.2) is 4.79 Å². The van der Waals surface area contributed by atoms with Crippen LogP contribution in [-0.2, 0) is 9.53 Å². The van der Waals surface area contributed by atoms with E-state index in [1.165, 1.54) is 13.2 Å². The molecule has 0 amide bonds. The predicted molar refractivity (Wildman–Crippen MR) is 82.6 cm³/mol. The Morgan fingerprint density at radius 2 is 1.85 bits per heavy atom. The van der Waals surface area contributed by atoms with Crippen LogP contribution in [-0.4, -0.2) is 13.1 Å². The lowest BCUT2D eigenvalue weighted by Gasteiger charge is -2.08. The lowest BCUT2D eigenvalue weighted by Crippen LogP contribution is -1.96. The third kappa shape index (κ3) is 3.28. The van der Waals surface area contributed by atoms with E-state index < -0.39 is 0 Å². The number of hydrogen-bond donors (Lipinski definition) is 0. The van der Waals surface area contributed by atoms with Gasteiger partial charge in [-0.3, -0.25) is 0 Å². The van der Waals surface area contributed by atoms with Crippen LogP contribution in [0.15, 0.2) is 54.6 Å². The van der Waals surface area contributed by atoms with Gasteiger partial charge >= 0.3 is 5.97 Å². The Hall–Kier alpha value is -2.06. The molecule has 0 aliphatic rings. The third-order valence-electron chi connectivity index (χ3n) is 3.04. The summed E-state index contributed by atoms with van der Waals surface area (Å²) < 4.78 is 4.64. The van der Waals surface area contributed by atoms with Crippen molar-refractivity contribution in [1.29, 1.82) is 0 Å². The number of carbonyl (C=O) groups excluding carboxylic acids is 1. The van der Waals surface area contributed by atoms with Crippen LogP contribution in [0.1, 0.15) is 12.5 Å². The average molecular weight is 287 g/mol. The monoisotopic (exact) mass is 286 g/mol. The standard InChI is InChI=1S/C17H15ClO2/c1-12(10-17(19)20-2)14-8-9-16(18)15(11-14)13-6-4-3-5-7-13/h3-11H,1-2H3/b12-10+. The summed E-state index contributed by atoms with van der Waals surface area (Å²) >= 11 is 6.26. The van der Waals surface area contributed by atoms with Crippen molar-refractivity contribution in [3.63, 3.8) is 0 Å². The van der Waals surface area contributed by atoms with Gasteiger partial charge < -0.3 is 4.74 Å². The van der Waals surface area contributed by atoms with E-state index in [1.807, 2.05) is 55.5 Å². The number of hydrogen-bond acceptors (Lipinski definition) is 2. The molecule has 0 aromatic heterocycles. The molecule has 3 heteroatoms. The Labute approximate surface area is 123 Å². The van der Waals surface area contributed by atoms with Crippen molar-refractivity contribution >= 4 is 23.1 Å². The van der Waals surface area contributed by atoms with E-state index in [0.29, 0.717) is 5.02 Å². The molecule has 2 aromatic rings. The molecule has 0 N–H and O–H groups in total. The minimum atomic E-state index is -0.362. The van der Waals surface area contributed by atoms with Gasteiger partial charge in [0.1, 0.15) is 0 Å². The summed E-state index contributed by atoms with van der Waals surface area (Å²) in [6, 6.07) is 15.6. The van der Waals surface area contributed by atoms with Crippen molar-refractivity contribution in [2.45, 2.75) is 6.92 Å². The summed E-state index contributed by atoms with van der Waals surface area (Å²) in [6.45, 7) is 1.87. The summed E-state index contributed by atoms with van der Waals surface area (Å²) in [5.74, 6) is -0.362. The number of benzene rings is 2. The maximum absolute atomic E-state index is 11.3. The zero-order valence-electron chi connectivity index (χ0n) is 11.4. The van der Waals surface area contributed by atoms with Crippen molar-refractivity contribution in [2.75, 3.05) is 7.11 Å². The van der Waals surface area contributed by atoms with E-state index >= 15 is 0 Å². The Bertz CT molecular complexity index is 645. The van der Waals surface area contributed by atoms with Crippen molar-refractivity contribution in [1.82, 2.24) is 0 Å². The molecule has 0 radical (unpaired) electrons. The van der Waals surface area contributed by atoms with Crippen molar-refractivity contribution < 1.29 is 9.53 Å². The van der Waals surface area contributed by atoms with Gasteiger partial charge in [0.2, 0.25) is 0 Å². The molecule has 0 aliphatic carbocycles. The first-order chi connectivity index (χ1) is 9.61. The second-order valence-electron chi connectivity index (χ2n) is 4.41. The molecule has 2 rings (SSSR count). The topological polar surface area (TPSA) is 26.3 Å². The molecule has 0 saturated carbocycles. The van der Waals surface area contributed by atoms with E-state index in [9.17, 15) is 4.79 Å². The molecule has 2 nitrogen and oxygen atoms in total. The number of allylic oxidation sites excluding steroid dienone is 1. The van der Waals surface area contributed by atoms with E-state index in [4.69, 9.17) is 11.6 Å². The van der Waals surface area contributed by atoms with Gasteiger partial charge in [0.05, 0.1) is 7.11 Å². The molecule has 0 aliphatic heterocycles. The van der Waals surface area contributed by atoms with Crippen LogP contribution in [0.2, 0.25) is 5.02 Å². The van der Waals surface area contributed by atoms with E-state index in [2.05, 4.69) is 4.74 Å². The fourth-order valence-corrected chi connectivity index (χ4v) is 2.16. The Balaban J connectivity index is 2.44. The van der Waals surface area contributed by atoms with E-state index in [1.54, 1.807) is 0 Å². The number of methoxy groups -OCH3 is 1. The Morgan fingerprint density at radius 1 is 1.15 bits per heavy atom. The molecule has 2 aromatic carbocycles. The van der Waals surface area contributed by atoms with Crippen LogP contribution in [0.5, 0.6) is 0 Å². The van der Waals surface area contributed by atoms with Gasteiger partial charge in [-0.15, -0.1) is 0 Å². The summed E-state index contributed by atoms with van der Waals surface area (Å²) in [5.41, 5.74) is 3.77. The van der Waals surface area contributed by atoms with Crippen LogP contribution < -0.4 is 0 Å². The molecule has 102 valence electrons. The fourth-order valence-electron chi connectivity index (χ4n) is 1.93. The Kier molecular flexibility index (Phi) is 4.59. The molecule has 0 bridgehead atoms. The highest BCUT2D eigenvalue weighted by molar-refractivity contribution is 6.33. The molecule has 0 atom stereocenters. The Morgan fingerprint density at radius 3 is 2.50 bits per heavy atom. The lowest BCUT2D eigenvalue weighted by atomic mass is 9.99. The minimum absolute atomic E-state index is 0.362. The van der Waals surface area contributed by atoms with Crippen LogP contribution in [0.4, 0.5) is 0 Å². The number of esters is 1. The van der Waals surface area contributed by atoms with Crippen LogP contribution in [0, 0.1) is 0 Å². The zero-order valence-corrected chi connectivity index (χ0v) is 12.1. The molecule has 0 saturated heterocycles. The number of rotatable bonds is 3. The van der Waals surface area contributed by atoms with Gasteiger partial charge in [-0.2, -0.15) is 0 Å². The fraction of sp³-hybridized carbons (Fsp3) is 0.118. The van der Waals surface area contributed by atoms with Gasteiger partial charge in [-0.1, -0.05) is 48.0 Å². The lowest BCUT2D eigenvalue weighted by molar-refractivity contribution is -0.134. The van der Waals surface area contributed by atoms with Crippen LogP contribution >= 0.6 is 11.6 Å². The summed E-state index contributed by atoms with van der Waals surface area (Å²) in [5, 5.41) is 0.686. The highest BCUT2D eigenvalue weighted by atomic mass is 35.5. The first-order valence-electron chi connectivity index (χ1n) is 6.23. The predicted octanol–water partition coefficient (Wildman–Crippen LogP) is 4.58. The molecular formula is C17H15ClO2. The van der Waals surface area contributed by atoms with E-state index in [-0.39, 0.29) is 5.97 Å². The maximum Gasteiger partial charge on any atom is 0.330 e. The summed E-state index contributed by atoms with van der Waals surface area (Å²) in [7, 11) is 1.36. The first-order valence-corrected chi connectivity index (χ1v) is 6.61. The van der Waals surface area contributed by atoms with Crippen molar-refractivity contribution in [2.24, 2.45) is 0 Å². The summed E-state index contributed by atoms with van der Waals surface area (Å²) in [4.78, 5) is 11.3. The molecule has 20 heavy (non-hydrogen) atoms. The van der Waals surface area contributed by atoms with Gasteiger partial charge in [0.25, 0.3) is 0 Å². The highest BCUT2D eigenvalue weighted by Crippen LogP contribution is 2.30. The largest absolute Gasteiger partial charge is 0.466 e. The normalized spacial score (nSPS) is 11.2. The first kappa shape index (κ1) is 14.4. The van der Waals surface area contributed by atoms with Crippen LogP contribution in [0.3, 0.4) is 0 Å². The maximum atomic E-state index is 11.3.